The van der Waals surface area contributed by atoms with E-state index < -0.39 is 9.84 Å². The predicted octanol–water partition coefficient (Wildman–Crippen LogP) is 0.839. The van der Waals surface area contributed by atoms with Crippen molar-refractivity contribution in [3.8, 4) is 0 Å². The van der Waals surface area contributed by atoms with Crippen LogP contribution in [-0.4, -0.2) is 67.0 Å². The Morgan fingerprint density at radius 2 is 2.35 bits per heavy atom. The van der Waals surface area contributed by atoms with E-state index in [0.717, 1.165) is 5.52 Å². The number of pyridine rings is 1. The first-order valence-corrected chi connectivity index (χ1v) is 9.26. The lowest BCUT2D eigenvalue weighted by atomic mass is 10.2. The fraction of sp³-hybridized carbons (Fsp3) is 0.467. The number of carbonyl (C=O) groups excluding carboxylic acids is 1. The lowest BCUT2D eigenvalue weighted by Gasteiger charge is -2.27. The van der Waals surface area contributed by atoms with E-state index in [4.69, 9.17) is 4.74 Å². The molecule has 1 atom stereocenters. The summed E-state index contributed by atoms with van der Waals surface area (Å²) in [5.41, 5.74) is 1.90. The maximum Gasteiger partial charge on any atom is 0.270 e. The Morgan fingerprint density at radius 1 is 1.52 bits per heavy atom. The van der Waals surface area contributed by atoms with Crippen molar-refractivity contribution in [2.75, 3.05) is 31.8 Å². The Kier molecular flexibility index (Phi) is 4.36. The third-order valence-electron chi connectivity index (χ3n) is 4.07. The minimum Gasteiger partial charge on any atom is -0.383 e. The monoisotopic (exact) mass is 337 g/mol. The second kappa shape index (κ2) is 6.29. The summed E-state index contributed by atoms with van der Waals surface area (Å²) in [6.45, 7) is 0.721. The maximum atomic E-state index is 12.8. The van der Waals surface area contributed by atoms with E-state index >= 15 is 0 Å². The molecule has 2 aromatic heterocycles. The maximum absolute atomic E-state index is 12.8. The topological polar surface area (TPSA) is 92.4 Å². The van der Waals surface area contributed by atoms with Crippen LogP contribution in [0.1, 0.15) is 16.9 Å². The Morgan fingerprint density at radius 3 is 3.00 bits per heavy atom. The Hall–Kier alpha value is -1.93. The third kappa shape index (κ3) is 3.37. The van der Waals surface area contributed by atoms with Gasteiger partial charge in [-0.15, -0.1) is 0 Å². The lowest BCUT2D eigenvalue weighted by Crippen LogP contribution is -2.43. The average Bonchev–Trinajstić information content (AvgIpc) is 3.10. The average molecular weight is 337 g/mol. The van der Waals surface area contributed by atoms with E-state index in [9.17, 15) is 13.2 Å². The van der Waals surface area contributed by atoms with E-state index in [2.05, 4.69) is 9.97 Å². The molecule has 1 unspecified atom stereocenters. The molecule has 1 aliphatic heterocycles. The molecule has 3 heterocycles. The van der Waals surface area contributed by atoms with E-state index in [0.29, 0.717) is 30.8 Å². The van der Waals surface area contributed by atoms with Crippen LogP contribution in [0.4, 0.5) is 0 Å². The van der Waals surface area contributed by atoms with Crippen molar-refractivity contribution in [3.05, 3.63) is 30.1 Å². The highest BCUT2D eigenvalue weighted by Crippen LogP contribution is 2.21. The number of methoxy groups -OCH3 is 1. The zero-order valence-electron chi connectivity index (χ0n) is 12.9. The number of sulfone groups is 1. The number of hydrogen-bond donors (Lipinski definition) is 1. The number of rotatable bonds is 5. The van der Waals surface area contributed by atoms with Gasteiger partial charge in [0.25, 0.3) is 5.91 Å². The number of nitrogens with one attached hydrogen (secondary N) is 1. The highest BCUT2D eigenvalue weighted by molar-refractivity contribution is 7.91. The zero-order chi connectivity index (χ0) is 16.4. The molecule has 0 aliphatic carbocycles. The van der Waals surface area contributed by atoms with Gasteiger partial charge in [-0.3, -0.25) is 9.78 Å². The van der Waals surface area contributed by atoms with E-state index in [-0.39, 0.29) is 23.5 Å². The van der Waals surface area contributed by atoms with Crippen molar-refractivity contribution in [1.82, 2.24) is 14.9 Å². The van der Waals surface area contributed by atoms with Crippen molar-refractivity contribution in [2.45, 2.75) is 12.5 Å². The second-order valence-electron chi connectivity index (χ2n) is 5.67. The molecule has 1 fully saturated rings. The number of hydrogen-bond acceptors (Lipinski definition) is 5. The summed E-state index contributed by atoms with van der Waals surface area (Å²) in [4.78, 5) is 21.7. The van der Waals surface area contributed by atoms with Crippen molar-refractivity contribution >= 4 is 26.8 Å². The van der Waals surface area contributed by atoms with Gasteiger partial charge >= 0.3 is 0 Å². The molecule has 1 N–H and O–H groups in total. The predicted molar refractivity (Wildman–Crippen MR) is 86.1 cm³/mol. The molecule has 7 nitrogen and oxygen atoms in total. The molecular weight excluding hydrogens is 318 g/mol. The van der Waals surface area contributed by atoms with Crippen LogP contribution in [0.5, 0.6) is 0 Å². The summed E-state index contributed by atoms with van der Waals surface area (Å²) >= 11 is 0. The molecule has 0 bridgehead atoms. The van der Waals surface area contributed by atoms with Crippen molar-refractivity contribution < 1.29 is 17.9 Å². The van der Waals surface area contributed by atoms with Crippen LogP contribution >= 0.6 is 0 Å². The molecule has 124 valence electrons. The highest BCUT2D eigenvalue weighted by Gasteiger charge is 2.35. The number of ether oxygens (including phenoxy) is 1. The number of carbonyl (C=O) groups is 1. The van der Waals surface area contributed by atoms with Crippen LogP contribution in [0.2, 0.25) is 0 Å². The van der Waals surface area contributed by atoms with Gasteiger partial charge in [-0.1, -0.05) is 0 Å². The first-order chi connectivity index (χ1) is 11.0. The summed E-state index contributed by atoms with van der Waals surface area (Å²) < 4.78 is 28.5. The van der Waals surface area contributed by atoms with Crippen LogP contribution in [0.3, 0.4) is 0 Å². The minimum atomic E-state index is -3.06. The summed E-state index contributed by atoms with van der Waals surface area (Å²) in [6.07, 6.45) is 2.13. The lowest BCUT2D eigenvalue weighted by molar-refractivity contribution is 0.0619. The molecule has 8 heteroatoms. The summed E-state index contributed by atoms with van der Waals surface area (Å²) in [5, 5.41) is 0. The van der Waals surface area contributed by atoms with E-state index in [1.807, 2.05) is 6.07 Å². The quantitative estimate of drug-likeness (QED) is 0.873. The van der Waals surface area contributed by atoms with Gasteiger partial charge in [0, 0.05) is 25.9 Å². The molecule has 2 aromatic rings. The molecule has 23 heavy (non-hydrogen) atoms. The smallest absolute Gasteiger partial charge is 0.270 e. The van der Waals surface area contributed by atoms with Gasteiger partial charge in [-0.25, -0.2) is 8.42 Å². The fourth-order valence-corrected chi connectivity index (χ4v) is 4.62. The third-order valence-corrected chi connectivity index (χ3v) is 5.82. The molecule has 0 spiro atoms. The van der Waals surface area contributed by atoms with Crippen molar-refractivity contribution in [3.63, 3.8) is 0 Å². The standard InChI is InChI=1S/C15H19N3O4S/c1-22-7-6-18(11-4-8-23(20,21)10-11)15(19)14-9-13-12(17-14)3-2-5-16-13/h2-3,5,9,11,17H,4,6-8,10H2,1H3. The van der Waals surface area contributed by atoms with Gasteiger partial charge in [0.1, 0.15) is 5.69 Å². The molecule has 1 aliphatic rings. The second-order valence-corrected chi connectivity index (χ2v) is 7.90. The fourth-order valence-electron chi connectivity index (χ4n) is 2.89. The number of fused-ring (bicyclic) bond motifs is 1. The van der Waals surface area contributed by atoms with Crippen molar-refractivity contribution in [1.29, 1.82) is 0 Å². The summed E-state index contributed by atoms with van der Waals surface area (Å²) in [7, 11) is -1.51. The van der Waals surface area contributed by atoms with Crippen LogP contribution < -0.4 is 0 Å². The largest absolute Gasteiger partial charge is 0.383 e. The van der Waals surface area contributed by atoms with Crippen LogP contribution in [0.15, 0.2) is 24.4 Å². The summed E-state index contributed by atoms with van der Waals surface area (Å²) in [6, 6.07) is 5.03. The number of nitrogens with zero attached hydrogens (tertiary/aromatic N) is 2. The van der Waals surface area contributed by atoms with Gasteiger partial charge in [-0.05, 0) is 24.6 Å². The minimum absolute atomic E-state index is 0.0148. The number of amides is 1. The van der Waals surface area contributed by atoms with Gasteiger partial charge in [0.2, 0.25) is 0 Å². The van der Waals surface area contributed by atoms with Gasteiger partial charge in [0.15, 0.2) is 9.84 Å². The molecule has 1 saturated heterocycles. The Bertz CT molecular complexity index is 782. The normalized spacial score (nSPS) is 20.0. The Balaban J connectivity index is 1.87. The van der Waals surface area contributed by atoms with Crippen LogP contribution in [0.25, 0.3) is 11.0 Å². The molecule has 0 aromatic carbocycles. The SMILES string of the molecule is COCCN(C(=O)c1cc2ncccc2[nH]1)C1CCS(=O)(=O)C1. The van der Waals surface area contributed by atoms with Gasteiger partial charge in [0.05, 0.1) is 29.1 Å². The summed E-state index contributed by atoms with van der Waals surface area (Å²) in [5.74, 6) is -0.0778. The number of H-pyrrole nitrogens is 1. The zero-order valence-corrected chi connectivity index (χ0v) is 13.7. The van der Waals surface area contributed by atoms with Gasteiger partial charge in [-0.2, -0.15) is 0 Å². The molecular formula is C15H19N3O4S. The first-order valence-electron chi connectivity index (χ1n) is 7.44. The highest BCUT2D eigenvalue weighted by atomic mass is 32.2. The van der Waals surface area contributed by atoms with Crippen LogP contribution in [0, 0.1) is 0 Å². The number of aromatic nitrogens is 2. The Labute approximate surface area is 134 Å². The van der Waals surface area contributed by atoms with Crippen LogP contribution in [-0.2, 0) is 14.6 Å². The first kappa shape index (κ1) is 15.9. The molecule has 3 rings (SSSR count). The molecule has 0 radical (unpaired) electrons. The van der Waals surface area contributed by atoms with Crippen molar-refractivity contribution in [2.24, 2.45) is 0 Å². The van der Waals surface area contributed by atoms with Gasteiger partial charge < -0.3 is 14.6 Å². The molecule has 0 saturated carbocycles. The molecule has 1 amide bonds. The van der Waals surface area contributed by atoms with E-state index in [1.165, 1.54) is 0 Å². The number of aromatic amines is 1. The van der Waals surface area contributed by atoms with E-state index in [1.54, 1.807) is 30.3 Å².